The molecule has 0 aliphatic carbocycles. The fourth-order valence-corrected chi connectivity index (χ4v) is 2.02. The standard InChI is InChI=1S/C17H26N2O2/c1-15(17(20)21-3)10-12-18-11-7-13-19(2)14-16-8-5-4-6-9-16/h4-6,8-10,18H,7,11-14H2,1-3H3/b15-10+. The molecule has 1 N–H and O–H groups in total. The Bertz CT molecular complexity index is 443. The predicted molar refractivity (Wildman–Crippen MR) is 86.0 cm³/mol. The summed E-state index contributed by atoms with van der Waals surface area (Å²) in [5, 5.41) is 3.30. The number of methoxy groups -OCH3 is 1. The van der Waals surface area contributed by atoms with Crippen LogP contribution < -0.4 is 5.32 Å². The van der Waals surface area contributed by atoms with Gasteiger partial charge in [0.1, 0.15) is 0 Å². The summed E-state index contributed by atoms with van der Waals surface area (Å²) in [6, 6.07) is 10.5. The van der Waals surface area contributed by atoms with Gasteiger partial charge in [0.05, 0.1) is 7.11 Å². The fraction of sp³-hybridized carbons (Fsp3) is 0.471. The van der Waals surface area contributed by atoms with E-state index in [-0.39, 0.29) is 5.97 Å². The molecule has 0 heterocycles. The lowest BCUT2D eigenvalue weighted by Crippen LogP contribution is -2.24. The van der Waals surface area contributed by atoms with Crippen molar-refractivity contribution < 1.29 is 9.53 Å². The van der Waals surface area contributed by atoms with Gasteiger partial charge in [-0.25, -0.2) is 4.79 Å². The molecular weight excluding hydrogens is 264 g/mol. The molecule has 0 saturated carbocycles. The molecule has 1 aromatic carbocycles. The first-order chi connectivity index (χ1) is 10.1. The van der Waals surface area contributed by atoms with Gasteiger partial charge in [-0.1, -0.05) is 36.4 Å². The second-order valence-electron chi connectivity index (χ2n) is 5.16. The highest BCUT2D eigenvalue weighted by Gasteiger charge is 2.01. The van der Waals surface area contributed by atoms with Crippen LogP contribution in [0.2, 0.25) is 0 Å². The van der Waals surface area contributed by atoms with E-state index in [9.17, 15) is 4.79 Å². The average Bonchev–Trinajstić information content (AvgIpc) is 2.50. The Kier molecular flexibility index (Phi) is 8.40. The molecule has 0 amide bonds. The Hall–Kier alpha value is -1.65. The fourth-order valence-electron chi connectivity index (χ4n) is 2.02. The lowest BCUT2D eigenvalue weighted by molar-refractivity contribution is -0.136. The van der Waals surface area contributed by atoms with Crippen LogP contribution in [0, 0.1) is 0 Å². The molecule has 0 saturated heterocycles. The molecule has 0 bridgehead atoms. The molecule has 0 aliphatic rings. The monoisotopic (exact) mass is 290 g/mol. The van der Waals surface area contributed by atoms with Crippen LogP contribution in [0.15, 0.2) is 42.0 Å². The maximum Gasteiger partial charge on any atom is 0.333 e. The molecule has 0 atom stereocenters. The second-order valence-corrected chi connectivity index (χ2v) is 5.16. The smallest absolute Gasteiger partial charge is 0.333 e. The maximum absolute atomic E-state index is 11.2. The number of ether oxygens (including phenoxy) is 1. The summed E-state index contributed by atoms with van der Waals surface area (Å²) in [6.07, 6.45) is 2.94. The summed E-state index contributed by atoms with van der Waals surface area (Å²) in [6.45, 7) is 5.42. The minimum Gasteiger partial charge on any atom is -0.466 e. The maximum atomic E-state index is 11.2. The largest absolute Gasteiger partial charge is 0.466 e. The topological polar surface area (TPSA) is 41.6 Å². The Morgan fingerprint density at radius 1 is 1.33 bits per heavy atom. The van der Waals surface area contributed by atoms with Crippen molar-refractivity contribution in [3.63, 3.8) is 0 Å². The number of carbonyl (C=O) groups is 1. The molecule has 0 radical (unpaired) electrons. The third kappa shape index (κ3) is 7.63. The van der Waals surface area contributed by atoms with Crippen LogP contribution in [0.25, 0.3) is 0 Å². The second kappa shape index (κ2) is 10.1. The van der Waals surface area contributed by atoms with Crippen LogP contribution in [0.1, 0.15) is 18.9 Å². The molecule has 4 heteroatoms. The molecule has 0 fully saturated rings. The third-order valence-corrected chi connectivity index (χ3v) is 3.25. The number of hydrogen-bond donors (Lipinski definition) is 1. The zero-order valence-corrected chi connectivity index (χ0v) is 13.3. The highest BCUT2D eigenvalue weighted by atomic mass is 16.5. The van der Waals surface area contributed by atoms with E-state index in [0.717, 1.165) is 26.1 Å². The van der Waals surface area contributed by atoms with Gasteiger partial charge in [-0.05, 0) is 39.0 Å². The lowest BCUT2D eigenvalue weighted by atomic mass is 10.2. The van der Waals surface area contributed by atoms with Crippen LogP contribution >= 0.6 is 0 Å². The van der Waals surface area contributed by atoms with Crippen LogP contribution in [0.4, 0.5) is 0 Å². The SMILES string of the molecule is COC(=O)/C(C)=C/CNCCCN(C)Cc1ccccc1. The van der Waals surface area contributed by atoms with Gasteiger partial charge >= 0.3 is 5.97 Å². The van der Waals surface area contributed by atoms with Gasteiger partial charge in [-0.3, -0.25) is 0 Å². The summed E-state index contributed by atoms with van der Waals surface area (Å²) in [4.78, 5) is 13.5. The summed E-state index contributed by atoms with van der Waals surface area (Å²) >= 11 is 0. The van der Waals surface area contributed by atoms with Crippen LogP contribution in [0.3, 0.4) is 0 Å². The number of rotatable bonds is 9. The Morgan fingerprint density at radius 3 is 2.71 bits per heavy atom. The van der Waals surface area contributed by atoms with Crippen molar-refractivity contribution in [2.24, 2.45) is 0 Å². The molecular formula is C17H26N2O2. The van der Waals surface area contributed by atoms with Gasteiger partial charge in [0.25, 0.3) is 0 Å². The predicted octanol–water partition coefficient (Wildman–Crippen LogP) is 2.22. The van der Waals surface area contributed by atoms with Crippen molar-refractivity contribution >= 4 is 5.97 Å². The first-order valence-electron chi connectivity index (χ1n) is 7.31. The number of esters is 1. The zero-order valence-electron chi connectivity index (χ0n) is 13.3. The van der Waals surface area contributed by atoms with Gasteiger partial charge in [-0.2, -0.15) is 0 Å². The van der Waals surface area contributed by atoms with Gasteiger partial charge in [0, 0.05) is 18.7 Å². The summed E-state index contributed by atoms with van der Waals surface area (Å²) in [5.74, 6) is -0.264. The normalized spacial score (nSPS) is 11.7. The van der Waals surface area contributed by atoms with Gasteiger partial charge < -0.3 is 15.0 Å². The number of carbonyl (C=O) groups excluding carboxylic acids is 1. The summed E-state index contributed by atoms with van der Waals surface area (Å²) in [7, 11) is 3.53. The first kappa shape index (κ1) is 17.4. The highest BCUT2D eigenvalue weighted by Crippen LogP contribution is 2.02. The van der Waals surface area contributed by atoms with Crippen molar-refractivity contribution in [2.45, 2.75) is 19.9 Å². The Labute approximate surface area is 127 Å². The van der Waals surface area contributed by atoms with E-state index >= 15 is 0 Å². The molecule has 4 nitrogen and oxygen atoms in total. The summed E-state index contributed by atoms with van der Waals surface area (Å²) < 4.78 is 4.64. The molecule has 0 spiro atoms. The van der Waals surface area contributed by atoms with E-state index in [1.165, 1.54) is 12.7 Å². The molecule has 1 rings (SSSR count). The third-order valence-electron chi connectivity index (χ3n) is 3.25. The molecule has 21 heavy (non-hydrogen) atoms. The molecule has 116 valence electrons. The minimum absolute atomic E-state index is 0.264. The summed E-state index contributed by atoms with van der Waals surface area (Å²) in [5.41, 5.74) is 1.98. The van der Waals surface area contributed by atoms with E-state index in [4.69, 9.17) is 0 Å². The number of benzene rings is 1. The van der Waals surface area contributed by atoms with E-state index in [1.54, 1.807) is 6.92 Å². The van der Waals surface area contributed by atoms with Crippen molar-refractivity contribution in [1.82, 2.24) is 10.2 Å². The quantitative estimate of drug-likeness (QED) is 0.430. The van der Waals surface area contributed by atoms with Crippen molar-refractivity contribution in [3.8, 4) is 0 Å². The Balaban J connectivity index is 2.10. The van der Waals surface area contributed by atoms with E-state index < -0.39 is 0 Å². The molecule has 0 aliphatic heterocycles. The van der Waals surface area contributed by atoms with E-state index in [0.29, 0.717) is 12.1 Å². The average molecular weight is 290 g/mol. The Morgan fingerprint density at radius 2 is 2.05 bits per heavy atom. The van der Waals surface area contributed by atoms with Crippen molar-refractivity contribution in [1.29, 1.82) is 0 Å². The number of nitrogens with one attached hydrogen (secondary N) is 1. The highest BCUT2D eigenvalue weighted by molar-refractivity contribution is 5.87. The van der Waals surface area contributed by atoms with Crippen molar-refractivity contribution in [2.75, 3.05) is 33.8 Å². The molecule has 1 aromatic rings. The molecule has 0 unspecified atom stereocenters. The van der Waals surface area contributed by atoms with E-state index in [2.05, 4.69) is 46.3 Å². The van der Waals surface area contributed by atoms with E-state index in [1.807, 2.05) is 12.1 Å². The van der Waals surface area contributed by atoms with Gasteiger partial charge in [0.2, 0.25) is 0 Å². The van der Waals surface area contributed by atoms with Gasteiger partial charge in [-0.15, -0.1) is 0 Å². The van der Waals surface area contributed by atoms with Crippen molar-refractivity contribution in [3.05, 3.63) is 47.5 Å². The molecule has 0 aromatic heterocycles. The first-order valence-corrected chi connectivity index (χ1v) is 7.31. The van der Waals surface area contributed by atoms with Gasteiger partial charge in [0.15, 0.2) is 0 Å². The van der Waals surface area contributed by atoms with Crippen LogP contribution in [-0.4, -0.2) is 44.7 Å². The number of nitrogens with zero attached hydrogens (tertiary/aromatic N) is 1. The number of hydrogen-bond acceptors (Lipinski definition) is 4. The van der Waals surface area contributed by atoms with Crippen LogP contribution in [0.5, 0.6) is 0 Å². The van der Waals surface area contributed by atoms with Crippen LogP contribution in [-0.2, 0) is 16.1 Å². The lowest BCUT2D eigenvalue weighted by Gasteiger charge is -2.16. The minimum atomic E-state index is -0.264. The zero-order chi connectivity index (χ0) is 15.5.